The first-order valence-corrected chi connectivity index (χ1v) is 7.50. The number of aromatic carboxylic acids is 1. The molecule has 116 valence electrons. The Morgan fingerprint density at radius 2 is 2.05 bits per heavy atom. The molecule has 0 aliphatic rings. The fourth-order valence-electron chi connectivity index (χ4n) is 2.22. The first-order valence-electron chi connectivity index (χ1n) is 6.68. The molecular weight excluding hydrogens is 304 g/mol. The van der Waals surface area contributed by atoms with Crippen molar-refractivity contribution in [2.24, 2.45) is 7.05 Å². The summed E-state index contributed by atoms with van der Waals surface area (Å²) in [6, 6.07) is 2.71. The first-order chi connectivity index (χ1) is 10.3. The van der Waals surface area contributed by atoms with Gasteiger partial charge >= 0.3 is 5.97 Å². The van der Waals surface area contributed by atoms with Crippen LogP contribution in [-0.2, 0) is 13.5 Å². The highest BCUT2D eigenvalue weighted by atomic mass is 32.1. The molecule has 2 N–H and O–H groups in total. The number of nitrogens with one attached hydrogen (secondary N) is 1. The second kappa shape index (κ2) is 6.15. The van der Waals surface area contributed by atoms with Gasteiger partial charge in [0.2, 0.25) is 5.56 Å². The van der Waals surface area contributed by atoms with Gasteiger partial charge in [-0.15, -0.1) is 11.3 Å². The molecule has 0 atom stereocenters. The number of aromatic nitrogens is 1. The summed E-state index contributed by atoms with van der Waals surface area (Å²) in [5.41, 5.74) is 0.946. The lowest BCUT2D eigenvalue weighted by Gasteiger charge is -2.06. The molecule has 2 heterocycles. The summed E-state index contributed by atoms with van der Waals surface area (Å²) in [5.74, 6) is -1.50. The van der Waals surface area contributed by atoms with E-state index < -0.39 is 11.9 Å². The minimum Gasteiger partial charge on any atom is -0.478 e. The number of hydrogen-bond acceptors (Lipinski definition) is 4. The zero-order chi connectivity index (χ0) is 16.4. The van der Waals surface area contributed by atoms with Gasteiger partial charge in [0.1, 0.15) is 5.00 Å². The summed E-state index contributed by atoms with van der Waals surface area (Å²) in [4.78, 5) is 35.9. The van der Waals surface area contributed by atoms with Crippen LogP contribution in [-0.4, -0.2) is 21.6 Å². The van der Waals surface area contributed by atoms with Gasteiger partial charge in [-0.05, 0) is 25.0 Å². The quantitative estimate of drug-likeness (QED) is 0.904. The molecule has 6 nitrogen and oxygen atoms in total. The Hall–Kier alpha value is -2.41. The first kappa shape index (κ1) is 16.0. The second-order valence-electron chi connectivity index (χ2n) is 4.82. The van der Waals surface area contributed by atoms with Crippen molar-refractivity contribution in [2.75, 3.05) is 5.32 Å². The van der Waals surface area contributed by atoms with E-state index in [0.29, 0.717) is 17.0 Å². The number of thiophene rings is 1. The minimum absolute atomic E-state index is 0.142. The van der Waals surface area contributed by atoms with Crippen molar-refractivity contribution < 1.29 is 14.7 Å². The molecule has 0 bridgehead atoms. The SMILES string of the molecule is CCc1c(C)sc(NC(=O)c2ccc(=O)n(C)c2)c1C(=O)O. The average Bonchev–Trinajstić information content (AvgIpc) is 2.77. The Balaban J connectivity index is 2.38. The van der Waals surface area contributed by atoms with E-state index >= 15 is 0 Å². The van der Waals surface area contributed by atoms with Gasteiger partial charge in [0.25, 0.3) is 5.91 Å². The molecule has 0 spiro atoms. The third kappa shape index (κ3) is 2.94. The van der Waals surface area contributed by atoms with Gasteiger partial charge < -0.3 is 15.0 Å². The molecule has 0 aliphatic heterocycles. The van der Waals surface area contributed by atoms with Crippen LogP contribution < -0.4 is 10.9 Å². The van der Waals surface area contributed by atoms with Crippen LogP contribution in [0.25, 0.3) is 0 Å². The number of carboxylic acid groups (broad SMARTS) is 1. The third-order valence-electron chi connectivity index (χ3n) is 3.35. The summed E-state index contributed by atoms with van der Waals surface area (Å²) in [6.07, 6.45) is 2.00. The fraction of sp³-hybridized carbons (Fsp3) is 0.267. The number of amides is 1. The molecule has 7 heteroatoms. The molecule has 2 aromatic rings. The van der Waals surface area contributed by atoms with Gasteiger partial charge in [-0.3, -0.25) is 9.59 Å². The number of carbonyl (C=O) groups excluding carboxylic acids is 1. The van der Waals surface area contributed by atoms with E-state index in [1.54, 1.807) is 7.05 Å². The number of aryl methyl sites for hydroxylation is 2. The van der Waals surface area contributed by atoms with Gasteiger partial charge in [-0.1, -0.05) is 6.92 Å². The Morgan fingerprint density at radius 3 is 2.59 bits per heavy atom. The zero-order valence-electron chi connectivity index (χ0n) is 12.5. The average molecular weight is 320 g/mol. The lowest BCUT2D eigenvalue weighted by molar-refractivity contribution is 0.0697. The van der Waals surface area contributed by atoms with Crippen LogP contribution in [0.4, 0.5) is 5.00 Å². The van der Waals surface area contributed by atoms with E-state index in [0.717, 1.165) is 10.4 Å². The van der Waals surface area contributed by atoms with Crippen LogP contribution in [0.15, 0.2) is 23.1 Å². The van der Waals surface area contributed by atoms with Gasteiger partial charge in [0.15, 0.2) is 0 Å². The molecule has 22 heavy (non-hydrogen) atoms. The normalized spacial score (nSPS) is 10.5. The Labute approximate surface area is 131 Å². The minimum atomic E-state index is -1.06. The van der Waals surface area contributed by atoms with Crippen LogP contribution in [0.2, 0.25) is 0 Å². The predicted molar refractivity (Wildman–Crippen MR) is 85.0 cm³/mol. The molecular formula is C15H16N2O4S. The van der Waals surface area contributed by atoms with Crippen molar-refractivity contribution in [3.05, 3.63) is 50.3 Å². The Kier molecular flexibility index (Phi) is 4.46. The third-order valence-corrected chi connectivity index (χ3v) is 4.41. The van der Waals surface area contributed by atoms with E-state index in [2.05, 4.69) is 5.32 Å². The molecule has 2 aromatic heterocycles. The molecule has 0 radical (unpaired) electrons. The van der Waals surface area contributed by atoms with Gasteiger partial charge in [-0.25, -0.2) is 4.79 Å². The Bertz CT molecular complexity index is 804. The van der Waals surface area contributed by atoms with Crippen molar-refractivity contribution in [3.8, 4) is 0 Å². The van der Waals surface area contributed by atoms with Crippen LogP contribution in [0.1, 0.15) is 38.1 Å². The summed E-state index contributed by atoms with van der Waals surface area (Å²) in [6.45, 7) is 3.71. The molecule has 0 fully saturated rings. The highest BCUT2D eigenvalue weighted by Gasteiger charge is 2.22. The van der Waals surface area contributed by atoms with Crippen molar-refractivity contribution in [1.29, 1.82) is 0 Å². The molecule has 2 rings (SSSR count). The standard InChI is InChI=1S/C15H16N2O4S/c1-4-10-8(2)22-14(12(10)15(20)21)16-13(19)9-5-6-11(18)17(3)7-9/h5-7H,4H2,1-3H3,(H,16,19)(H,20,21). The van der Waals surface area contributed by atoms with E-state index in [4.69, 9.17) is 0 Å². The summed E-state index contributed by atoms with van der Waals surface area (Å²) in [7, 11) is 1.55. The van der Waals surface area contributed by atoms with E-state index in [1.807, 2.05) is 13.8 Å². The predicted octanol–water partition coefficient (Wildman–Crippen LogP) is 2.27. The number of carbonyl (C=O) groups is 2. The van der Waals surface area contributed by atoms with Crippen molar-refractivity contribution in [3.63, 3.8) is 0 Å². The number of nitrogens with zero attached hydrogens (tertiary/aromatic N) is 1. The maximum atomic E-state index is 12.2. The smallest absolute Gasteiger partial charge is 0.339 e. The summed E-state index contributed by atoms with van der Waals surface area (Å²) in [5, 5.41) is 12.3. The molecule has 0 saturated carbocycles. The van der Waals surface area contributed by atoms with Crippen LogP contribution >= 0.6 is 11.3 Å². The van der Waals surface area contributed by atoms with Crippen LogP contribution in [0.5, 0.6) is 0 Å². The maximum absolute atomic E-state index is 12.2. The monoisotopic (exact) mass is 320 g/mol. The number of carboxylic acids is 1. The molecule has 0 saturated heterocycles. The molecule has 0 aliphatic carbocycles. The molecule has 0 unspecified atom stereocenters. The maximum Gasteiger partial charge on any atom is 0.339 e. The molecule has 0 aromatic carbocycles. The van der Waals surface area contributed by atoms with Crippen molar-refractivity contribution in [2.45, 2.75) is 20.3 Å². The van der Waals surface area contributed by atoms with Gasteiger partial charge in [0, 0.05) is 24.2 Å². The van der Waals surface area contributed by atoms with E-state index in [1.165, 1.54) is 34.2 Å². The van der Waals surface area contributed by atoms with Crippen LogP contribution in [0.3, 0.4) is 0 Å². The zero-order valence-corrected chi connectivity index (χ0v) is 13.3. The van der Waals surface area contributed by atoms with E-state index in [-0.39, 0.29) is 11.1 Å². The molecule has 1 amide bonds. The number of rotatable bonds is 4. The van der Waals surface area contributed by atoms with Crippen molar-refractivity contribution in [1.82, 2.24) is 4.57 Å². The Morgan fingerprint density at radius 1 is 1.36 bits per heavy atom. The fourth-order valence-corrected chi connectivity index (χ4v) is 3.35. The van der Waals surface area contributed by atoms with Crippen LogP contribution in [0, 0.1) is 6.92 Å². The second-order valence-corrected chi connectivity index (χ2v) is 6.05. The summed E-state index contributed by atoms with van der Waals surface area (Å²) >= 11 is 1.24. The van der Waals surface area contributed by atoms with Gasteiger partial charge in [-0.2, -0.15) is 0 Å². The highest BCUT2D eigenvalue weighted by molar-refractivity contribution is 7.16. The lowest BCUT2D eigenvalue weighted by Crippen LogP contribution is -2.20. The number of anilines is 1. The highest BCUT2D eigenvalue weighted by Crippen LogP contribution is 2.33. The van der Waals surface area contributed by atoms with E-state index in [9.17, 15) is 19.5 Å². The number of pyridine rings is 1. The lowest BCUT2D eigenvalue weighted by atomic mass is 10.1. The largest absolute Gasteiger partial charge is 0.478 e. The topological polar surface area (TPSA) is 88.4 Å². The summed E-state index contributed by atoms with van der Waals surface area (Å²) < 4.78 is 1.30. The van der Waals surface area contributed by atoms with Gasteiger partial charge in [0.05, 0.1) is 11.1 Å². The number of hydrogen-bond donors (Lipinski definition) is 2. The van der Waals surface area contributed by atoms with Crippen molar-refractivity contribution >= 4 is 28.2 Å².